The maximum absolute atomic E-state index is 14.5. The summed E-state index contributed by atoms with van der Waals surface area (Å²) in [5, 5.41) is 4.52. The molecule has 1 fully saturated rings. The molecule has 0 amide bonds. The van der Waals surface area contributed by atoms with Gasteiger partial charge in [0.15, 0.2) is 5.01 Å². The molecule has 0 spiro atoms. The van der Waals surface area contributed by atoms with Crippen molar-refractivity contribution in [1.29, 1.82) is 0 Å². The Morgan fingerprint density at radius 2 is 1.89 bits per heavy atom. The molecular weight excluding hydrogens is 650 g/mol. The van der Waals surface area contributed by atoms with Crippen LogP contribution in [0.15, 0.2) is 65.5 Å². The van der Waals surface area contributed by atoms with Crippen molar-refractivity contribution in [2.75, 3.05) is 0 Å². The van der Waals surface area contributed by atoms with Crippen molar-refractivity contribution in [3.05, 3.63) is 92.7 Å². The van der Waals surface area contributed by atoms with Crippen LogP contribution in [0.25, 0.3) is 11.8 Å². The monoisotopic (exact) mass is 677 g/mol. The molecule has 0 aliphatic heterocycles. The highest BCUT2D eigenvalue weighted by molar-refractivity contribution is 7.98. The number of benzene rings is 1. The summed E-state index contributed by atoms with van der Waals surface area (Å²) >= 11 is 6.30. The minimum atomic E-state index is -4.64. The molecular formula is C31H28ClF4N5O2S2. The van der Waals surface area contributed by atoms with E-state index in [9.17, 15) is 26.6 Å². The molecule has 4 aromatic rings. The minimum Gasteiger partial charge on any atom is -0.290 e. The first-order valence-corrected chi connectivity index (χ1v) is 17.0. The number of nitrogens with zero attached hydrogens (tertiary/aromatic N) is 5. The van der Waals surface area contributed by atoms with Crippen LogP contribution in [-0.4, -0.2) is 52.0 Å². The number of alkyl halides is 3. The molecule has 0 N–H and O–H groups in total. The predicted molar refractivity (Wildman–Crippen MR) is 166 cm³/mol. The highest BCUT2D eigenvalue weighted by atomic mass is 35.5. The van der Waals surface area contributed by atoms with E-state index in [4.69, 9.17) is 11.6 Å². The zero-order valence-electron chi connectivity index (χ0n) is 24.2. The van der Waals surface area contributed by atoms with Crippen LogP contribution >= 0.6 is 22.9 Å². The van der Waals surface area contributed by atoms with Gasteiger partial charge in [0.25, 0.3) is 0 Å². The van der Waals surface area contributed by atoms with Gasteiger partial charge in [-0.1, -0.05) is 17.2 Å². The highest BCUT2D eigenvalue weighted by Gasteiger charge is 2.52. The zero-order chi connectivity index (χ0) is 32.3. The van der Waals surface area contributed by atoms with Crippen molar-refractivity contribution in [2.24, 2.45) is 5.41 Å². The first kappa shape index (κ1) is 31.6. The van der Waals surface area contributed by atoms with Crippen LogP contribution < -0.4 is 0 Å². The summed E-state index contributed by atoms with van der Waals surface area (Å²) in [6.07, 6.45) is 2.20. The molecule has 3 aromatic heterocycles. The molecule has 1 saturated carbocycles. The molecule has 0 radical (unpaired) electrons. The Bertz CT molecular complexity index is 1900. The Balaban J connectivity index is 1.45. The number of hydrogen-bond donors (Lipinski definition) is 0. The van der Waals surface area contributed by atoms with Crippen LogP contribution in [0.3, 0.4) is 0 Å². The maximum atomic E-state index is 14.5. The van der Waals surface area contributed by atoms with E-state index in [1.165, 1.54) is 24.4 Å². The molecule has 6 rings (SSSR count). The topological polar surface area (TPSA) is 81.0 Å². The molecule has 236 valence electrons. The van der Waals surface area contributed by atoms with E-state index in [2.05, 4.69) is 20.9 Å². The number of fused-ring (bicyclic) bond motifs is 2. The number of thiazole rings is 1. The number of Topliss-reactive ketones (excluding diaryl/α,β-unsaturated/α-hetero) is 1. The molecule has 2 aliphatic rings. The third-order valence-corrected chi connectivity index (χ3v) is 12.0. The third-order valence-electron chi connectivity index (χ3n) is 8.40. The average molecular weight is 678 g/mol. The van der Waals surface area contributed by atoms with E-state index in [1.807, 2.05) is 19.9 Å². The second-order valence-corrected chi connectivity index (χ2v) is 15.1. The Morgan fingerprint density at radius 1 is 1.16 bits per heavy atom. The van der Waals surface area contributed by atoms with Crippen LogP contribution in [0.1, 0.15) is 59.0 Å². The summed E-state index contributed by atoms with van der Waals surface area (Å²) in [6.45, 7) is 3.77. The average Bonchev–Trinajstić information content (AvgIpc) is 3.64. The summed E-state index contributed by atoms with van der Waals surface area (Å²) < 4.78 is 72.1. The molecule has 2 aliphatic carbocycles. The van der Waals surface area contributed by atoms with Crippen LogP contribution in [0, 0.1) is 11.2 Å². The van der Waals surface area contributed by atoms with E-state index in [0.717, 1.165) is 5.57 Å². The standard InChI is InChI=1S/C31H28ClF4N5O2S2/c1-18(2)41(45(3,43)24-10-11-27(32)37-16-24)23-7-4-20-12-25-19(15-39-40(25)22-8-5-21(33)6-9-22)13-30(20,14-23)28(42)29-38-17-26(44-29)31(34,35)36/h5-6,8-12,15-18,23H,3-4,7,13-14H2,1-2H3/t23-,30-,45?/m0/s1. The zero-order valence-corrected chi connectivity index (χ0v) is 26.6. The number of pyridine rings is 1. The summed E-state index contributed by atoms with van der Waals surface area (Å²) in [6, 6.07) is 8.29. The van der Waals surface area contributed by atoms with Crippen molar-refractivity contribution < 1.29 is 26.6 Å². The van der Waals surface area contributed by atoms with Crippen molar-refractivity contribution in [1.82, 2.24) is 24.1 Å². The Kier molecular flexibility index (Phi) is 8.03. The van der Waals surface area contributed by atoms with Gasteiger partial charge in [-0.25, -0.2) is 27.6 Å². The lowest BCUT2D eigenvalue weighted by molar-refractivity contribution is -0.134. The van der Waals surface area contributed by atoms with E-state index >= 15 is 0 Å². The van der Waals surface area contributed by atoms with Gasteiger partial charge in [0, 0.05) is 18.3 Å². The van der Waals surface area contributed by atoms with Crippen molar-refractivity contribution in [3.8, 4) is 5.69 Å². The minimum absolute atomic E-state index is 0.151. The Morgan fingerprint density at radius 3 is 2.51 bits per heavy atom. The van der Waals surface area contributed by atoms with Gasteiger partial charge in [0.1, 0.15) is 15.8 Å². The lowest BCUT2D eigenvalue weighted by Crippen LogP contribution is -2.52. The second-order valence-electron chi connectivity index (χ2n) is 11.5. The van der Waals surface area contributed by atoms with Crippen molar-refractivity contribution >= 4 is 50.4 Å². The van der Waals surface area contributed by atoms with Gasteiger partial charge in [-0.3, -0.25) is 4.79 Å². The molecule has 1 unspecified atom stereocenters. The quantitative estimate of drug-likeness (QED) is 0.0888. The summed E-state index contributed by atoms with van der Waals surface area (Å²) in [4.78, 5) is 21.9. The third kappa shape index (κ3) is 5.64. The lowest BCUT2D eigenvalue weighted by atomic mass is 9.61. The van der Waals surface area contributed by atoms with E-state index in [-0.39, 0.29) is 29.0 Å². The lowest BCUT2D eigenvalue weighted by Gasteiger charge is -2.48. The highest BCUT2D eigenvalue weighted by Crippen LogP contribution is 2.52. The van der Waals surface area contributed by atoms with E-state index in [1.54, 1.807) is 33.4 Å². The number of carbonyl (C=O) groups excluding carboxylic acids is 1. The summed E-state index contributed by atoms with van der Waals surface area (Å²) in [5.41, 5.74) is 1.50. The molecule has 0 bridgehead atoms. The molecule has 7 nitrogen and oxygen atoms in total. The van der Waals surface area contributed by atoms with Crippen LogP contribution in [0.5, 0.6) is 0 Å². The summed E-state index contributed by atoms with van der Waals surface area (Å²) in [5.74, 6) is 3.19. The fourth-order valence-corrected chi connectivity index (χ4v) is 9.50. The number of rotatable bonds is 7. The van der Waals surface area contributed by atoms with Crippen LogP contribution in [0.4, 0.5) is 17.6 Å². The van der Waals surface area contributed by atoms with Crippen molar-refractivity contribution in [3.63, 3.8) is 0 Å². The van der Waals surface area contributed by atoms with Gasteiger partial charge in [0.2, 0.25) is 5.78 Å². The number of allylic oxidation sites excluding steroid dienone is 1. The number of carbonyl (C=O) groups is 1. The maximum Gasteiger partial charge on any atom is 0.427 e. The first-order valence-electron chi connectivity index (χ1n) is 14.1. The first-order chi connectivity index (χ1) is 21.2. The normalized spacial score (nSPS) is 21.3. The van der Waals surface area contributed by atoms with Gasteiger partial charge in [-0.05, 0) is 93.4 Å². The van der Waals surface area contributed by atoms with E-state index in [0.29, 0.717) is 52.2 Å². The van der Waals surface area contributed by atoms with Crippen molar-refractivity contribution in [2.45, 2.75) is 62.7 Å². The fraction of sp³-hybridized carbons (Fsp3) is 0.323. The molecule has 0 saturated heterocycles. The number of hydrogen-bond acceptors (Lipinski definition) is 6. The molecule has 1 aromatic carbocycles. The Labute approximate surface area is 266 Å². The largest absolute Gasteiger partial charge is 0.427 e. The molecule has 45 heavy (non-hydrogen) atoms. The number of ketones is 1. The number of aromatic nitrogens is 4. The Hall–Kier alpha value is -3.39. The van der Waals surface area contributed by atoms with Gasteiger partial charge < -0.3 is 0 Å². The molecule has 14 heteroatoms. The SMILES string of the molecule is C=S(=O)(c1ccc(Cl)nc1)N(C(C)C)[C@H]1CCC2=Cc3c(cnn3-c3ccc(F)cc3)C[C@]2(C(=O)c2ncc(C(F)(F)F)s2)C1. The number of halogens is 5. The molecule has 3 atom stereocenters. The van der Waals surface area contributed by atoms with Gasteiger partial charge >= 0.3 is 6.18 Å². The fourth-order valence-electron chi connectivity index (χ4n) is 6.48. The van der Waals surface area contributed by atoms with Crippen LogP contribution in [0.2, 0.25) is 5.15 Å². The van der Waals surface area contributed by atoms with Crippen LogP contribution in [-0.2, 0) is 22.3 Å². The van der Waals surface area contributed by atoms with Gasteiger partial charge in [-0.15, -0.1) is 11.3 Å². The second kappa shape index (κ2) is 11.4. The van der Waals surface area contributed by atoms with Gasteiger partial charge in [0.05, 0.1) is 43.8 Å². The van der Waals surface area contributed by atoms with E-state index < -0.39 is 43.8 Å². The summed E-state index contributed by atoms with van der Waals surface area (Å²) in [7, 11) is -3.11. The van der Waals surface area contributed by atoms with Gasteiger partial charge in [-0.2, -0.15) is 18.3 Å². The smallest absolute Gasteiger partial charge is 0.290 e. The predicted octanol–water partition coefficient (Wildman–Crippen LogP) is 7.30. The molecule has 3 heterocycles.